The molecule has 1 rings (SSSR count). The van der Waals surface area contributed by atoms with E-state index in [4.69, 9.17) is 9.84 Å². The highest BCUT2D eigenvalue weighted by molar-refractivity contribution is 5.29. The predicted molar refractivity (Wildman–Crippen MR) is 59.8 cm³/mol. The molecule has 0 atom stereocenters. The molecule has 0 radical (unpaired) electrons. The third kappa shape index (κ3) is 8.91. The molecule has 0 amide bonds. The van der Waals surface area contributed by atoms with E-state index in [-0.39, 0.29) is 5.75 Å². The van der Waals surface area contributed by atoms with Crippen molar-refractivity contribution in [1.82, 2.24) is 0 Å². The monoisotopic (exact) mass is 196 g/mol. The highest BCUT2D eigenvalue weighted by Crippen LogP contribution is 2.14. The summed E-state index contributed by atoms with van der Waals surface area (Å²) in [6.07, 6.45) is 0. The molecular weight excluding hydrogens is 176 g/mol. The van der Waals surface area contributed by atoms with E-state index in [1.165, 1.54) is 0 Å². The minimum atomic E-state index is 0.260. The van der Waals surface area contributed by atoms with Gasteiger partial charge in [-0.05, 0) is 29.7 Å². The average Bonchev–Trinajstić information content (AvgIpc) is 2.03. The van der Waals surface area contributed by atoms with Crippen LogP contribution in [-0.4, -0.2) is 12.2 Å². The first-order valence-corrected chi connectivity index (χ1v) is 4.66. The maximum atomic E-state index is 8.80. The summed E-state index contributed by atoms with van der Waals surface area (Å²) in [5, 5.41) is 8.80. The predicted octanol–water partition coefficient (Wildman–Crippen LogP) is 3.45. The van der Waals surface area contributed by atoms with E-state index in [1.807, 2.05) is 0 Å². The minimum Gasteiger partial charge on any atom is -0.508 e. The first-order valence-electron chi connectivity index (χ1n) is 4.66. The first kappa shape index (κ1) is 12.8. The normalized spacial score (nSPS) is 10.1. The van der Waals surface area contributed by atoms with Gasteiger partial charge in [-0.2, -0.15) is 0 Å². The van der Waals surface area contributed by atoms with Crippen molar-refractivity contribution < 1.29 is 9.84 Å². The Hall–Kier alpha value is -1.18. The van der Waals surface area contributed by atoms with E-state index in [9.17, 15) is 0 Å². The number of phenolic OH excluding ortho intramolecular Hbond substituents is 1. The van der Waals surface area contributed by atoms with E-state index >= 15 is 0 Å². The fraction of sp³-hybridized carbons (Fsp3) is 0.500. The van der Waals surface area contributed by atoms with E-state index in [0.717, 1.165) is 5.75 Å². The molecule has 0 fully saturated rings. The summed E-state index contributed by atoms with van der Waals surface area (Å²) in [7, 11) is 1.59. The van der Waals surface area contributed by atoms with Crippen LogP contribution in [0.3, 0.4) is 0 Å². The van der Waals surface area contributed by atoms with E-state index in [1.54, 1.807) is 31.4 Å². The molecule has 0 unspecified atom stereocenters. The molecule has 0 aliphatic rings. The second-order valence-corrected chi connectivity index (χ2v) is 4.70. The average molecular weight is 196 g/mol. The van der Waals surface area contributed by atoms with Gasteiger partial charge in [0, 0.05) is 0 Å². The molecule has 0 bridgehead atoms. The fourth-order valence-corrected chi connectivity index (χ4v) is 0.582. The van der Waals surface area contributed by atoms with E-state index < -0.39 is 0 Å². The third-order valence-electron chi connectivity index (χ3n) is 1.07. The molecule has 0 aromatic heterocycles. The molecule has 0 aliphatic carbocycles. The van der Waals surface area contributed by atoms with Crippen molar-refractivity contribution >= 4 is 0 Å². The van der Waals surface area contributed by atoms with Gasteiger partial charge in [0.15, 0.2) is 0 Å². The van der Waals surface area contributed by atoms with Gasteiger partial charge in [-0.1, -0.05) is 27.7 Å². The van der Waals surface area contributed by atoms with Gasteiger partial charge in [-0.3, -0.25) is 0 Å². The topological polar surface area (TPSA) is 29.5 Å². The fourth-order valence-electron chi connectivity index (χ4n) is 0.582. The lowest BCUT2D eigenvalue weighted by atomic mass is 10.0. The van der Waals surface area contributed by atoms with E-state index in [2.05, 4.69) is 27.7 Å². The maximum Gasteiger partial charge on any atom is 0.119 e. The summed E-state index contributed by atoms with van der Waals surface area (Å²) in [6.45, 7) is 8.75. The molecule has 0 heterocycles. The van der Waals surface area contributed by atoms with Gasteiger partial charge < -0.3 is 9.84 Å². The summed E-state index contributed by atoms with van der Waals surface area (Å²) < 4.78 is 4.86. The summed E-state index contributed by atoms with van der Waals surface area (Å²) in [4.78, 5) is 0. The molecular formula is C12H20O2. The Morgan fingerprint density at radius 1 is 1.00 bits per heavy atom. The quantitative estimate of drug-likeness (QED) is 0.745. The van der Waals surface area contributed by atoms with Crippen molar-refractivity contribution in [3.05, 3.63) is 24.3 Å². The number of hydrogen-bond acceptors (Lipinski definition) is 2. The molecule has 2 heteroatoms. The van der Waals surface area contributed by atoms with Gasteiger partial charge in [-0.25, -0.2) is 0 Å². The summed E-state index contributed by atoms with van der Waals surface area (Å²) >= 11 is 0. The van der Waals surface area contributed by atoms with Crippen molar-refractivity contribution in [3.8, 4) is 11.5 Å². The second-order valence-electron chi connectivity index (χ2n) is 4.70. The Balaban J connectivity index is 0.000000292. The van der Waals surface area contributed by atoms with Crippen LogP contribution in [0.25, 0.3) is 0 Å². The summed E-state index contributed by atoms with van der Waals surface area (Å²) in [5.74, 6) is 1.02. The van der Waals surface area contributed by atoms with Gasteiger partial charge in [-0.15, -0.1) is 0 Å². The number of phenols is 1. The summed E-state index contributed by atoms with van der Waals surface area (Å²) in [5.41, 5.74) is 0.500. The number of benzene rings is 1. The van der Waals surface area contributed by atoms with Gasteiger partial charge >= 0.3 is 0 Å². The number of rotatable bonds is 1. The Kier molecular flexibility index (Phi) is 5.06. The van der Waals surface area contributed by atoms with Crippen molar-refractivity contribution in [2.75, 3.05) is 7.11 Å². The number of hydrogen-bond donors (Lipinski definition) is 1. The SMILES string of the molecule is CC(C)(C)C.COc1ccc(O)cc1. The lowest BCUT2D eigenvalue weighted by molar-refractivity contribution is 0.412. The van der Waals surface area contributed by atoms with Crippen molar-refractivity contribution in [1.29, 1.82) is 0 Å². The zero-order chi connectivity index (χ0) is 11.2. The highest BCUT2D eigenvalue weighted by Gasteiger charge is 1.95. The van der Waals surface area contributed by atoms with Crippen LogP contribution < -0.4 is 4.74 Å². The lowest BCUT2D eigenvalue weighted by Gasteiger charge is -2.05. The van der Waals surface area contributed by atoms with Crippen LogP contribution in [0, 0.1) is 5.41 Å². The number of ether oxygens (including phenoxy) is 1. The van der Waals surface area contributed by atoms with Crippen LogP contribution in [-0.2, 0) is 0 Å². The van der Waals surface area contributed by atoms with Crippen molar-refractivity contribution in [2.45, 2.75) is 27.7 Å². The standard InChI is InChI=1S/C7H8O2.C5H12/c1-9-7-4-2-6(8)3-5-7;1-5(2,3)4/h2-5,8H,1H3;1-4H3. The Morgan fingerprint density at radius 2 is 1.36 bits per heavy atom. The molecule has 0 saturated heterocycles. The molecule has 1 N–H and O–H groups in total. The minimum absolute atomic E-state index is 0.260. The Bertz CT molecular complexity index is 238. The molecule has 0 aliphatic heterocycles. The molecule has 14 heavy (non-hydrogen) atoms. The van der Waals surface area contributed by atoms with Crippen LogP contribution in [0.2, 0.25) is 0 Å². The molecule has 1 aromatic carbocycles. The van der Waals surface area contributed by atoms with Crippen LogP contribution in [0.5, 0.6) is 11.5 Å². The smallest absolute Gasteiger partial charge is 0.119 e. The molecule has 1 aromatic rings. The number of methoxy groups -OCH3 is 1. The van der Waals surface area contributed by atoms with Gasteiger partial charge in [0.1, 0.15) is 11.5 Å². The van der Waals surface area contributed by atoms with Crippen molar-refractivity contribution in [2.24, 2.45) is 5.41 Å². The van der Waals surface area contributed by atoms with Crippen LogP contribution in [0.15, 0.2) is 24.3 Å². The second kappa shape index (κ2) is 5.53. The Labute approximate surface area is 86.5 Å². The lowest BCUT2D eigenvalue weighted by Crippen LogP contribution is -1.93. The zero-order valence-corrected chi connectivity index (χ0v) is 9.66. The summed E-state index contributed by atoms with van der Waals surface area (Å²) in [6, 6.07) is 6.57. The molecule has 0 spiro atoms. The number of aromatic hydroxyl groups is 1. The maximum absolute atomic E-state index is 8.80. The third-order valence-corrected chi connectivity index (χ3v) is 1.07. The van der Waals surface area contributed by atoms with E-state index in [0.29, 0.717) is 5.41 Å². The Morgan fingerprint density at radius 3 is 1.64 bits per heavy atom. The van der Waals surface area contributed by atoms with Gasteiger partial charge in [0.2, 0.25) is 0 Å². The highest BCUT2D eigenvalue weighted by atomic mass is 16.5. The molecule has 80 valence electrons. The largest absolute Gasteiger partial charge is 0.508 e. The molecule has 0 saturated carbocycles. The van der Waals surface area contributed by atoms with Crippen LogP contribution in [0.4, 0.5) is 0 Å². The van der Waals surface area contributed by atoms with Crippen molar-refractivity contribution in [3.63, 3.8) is 0 Å². The van der Waals surface area contributed by atoms with Gasteiger partial charge in [0.25, 0.3) is 0 Å². The van der Waals surface area contributed by atoms with Crippen LogP contribution >= 0.6 is 0 Å². The van der Waals surface area contributed by atoms with Crippen LogP contribution in [0.1, 0.15) is 27.7 Å². The zero-order valence-electron chi connectivity index (χ0n) is 9.66. The molecule has 2 nitrogen and oxygen atoms in total. The first-order chi connectivity index (χ1) is 6.33. The van der Waals surface area contributed by atoms with Gasteiger partial charge in [0.05, 0.1) is 7.11 Å².